The number of fused-ring (bicyclic) bond motifs is 1. The van der Waals surface area contributed by atoms with E-state index in [4.69, 9.17) is 0 Å². The Hall–Kier alpha value is -1.49. The summed E-state index contributed by atoms with van der Waals surface area (Å²) >= 11 is 0. The molecule has 1 aromatic carbocycles. The van der Waals surface area contributed by atoms with E-state index in [1.54, 1.807) is 0 Å². The van der Waals surface area contributed by atoms with Crippen LogP contribution in [-0.2, 0) is 6.42 Å². The zero-order chi connectivity index (χ0) is 10.8. The molecule has 0 aliphatic rings. The molecule has 15 heavy (non-hydrogen) atoms. The Morgan fingerprint density at radius 2 is 2.20 bits per heavy atom. The van der Waals surface area contributed by atoms with E-state index in [0.29, 0.717) is 17.8 Å². The summed E-state index contributed by atoms with van der Waals surface area (Å²) in [6.07, 6.45) is 0.659. The summed E-state index contributed by atoms with van der Waals surface area (Å²) in [5.41, 5.74) is 0.598. The minimum atomic E-state index is -0.628. The fraction of sp³-hybridized carbons (Fsp3) is 0.300. The molecule has 0 fully saturated rings. The zero-order valence-electron chi connectivity index (χ0n) is 8.27. The standard InChI is InChI=1S/C10H11F2N3/c1-13-3-2-9-14-8-5-6(11)4-7(12)10(8)15-9/h4-5,13H,2-3H2,1H3,(H,14,15). The first-order valence-electron chi connectivity index (χ1n) is 4.69. The lowest BCUT2D eigenvalue weighted by Crippen LogP contribution is -2.10. The van der Waals surface area contributed by atoms with Gasteiger partial charge in [0.1, 0.15) is 17.2 Å². The molecular weight excluding hydrogens is 200 g/mol. The molecule has 1 heterocycles. The number of nitrogens with one attached hydrogen (secondary N) is 2. The molecule has 2 rings (SSSR count). The van der Waals surface area contributed by atoms with E-state index in [9.17, 15) is 8.78 Å². The highest BCUT2D eigenvalue weighted by Crippen LogP contribution is 2.17. The lowest BCUT2D eigenvalue weighted by molar-refractivity contribution is 0.590. The van der Waals surface area contributed by atoms with Crippen molar-refractivity contribution in [2.45, 2.75) is 6.42 Å². The molecule has 80 valence electrons. The smallest absolute Gasteiger partial charge is 0.153 e. The van der Waals surface area contributed by atoms with Crippen molar-refractivity contribution < 1.29 is 8.78 Å². The van der Waals surface area contributed by atoms with E-state index in [1.807, 2.05) is 7.05 Å². The van der Waals surface area contributed by atoms with Crippen molar-refractivity contribution in [3.63, 3.8) is 0 Å². The zero-order valence-corrected chi connectivity index (χ0v) is 8.27. The molecule has 0 saturated carbocycles. The number of hydrogen-bond acceptors (Lipinski definition) is 2. The highest BCUT2D eigenvalue weighted by Gasteiger charge is 2.08. The molecular formula is C10H11F2N3. The highest BCUT2D eigenvalue weighted by atomic mass is 19.1. The van der Waals surface area contributed by atoms with Gasteiger partial charge in [-0.1, -0.05) is 0 Å². The van der Waals surface area contributed by atoms with Gasteiger partial charge in [-0.2, -0.15) is 0 Å². The number of likely N-dealkylation sites (N-methyl/N-ethyl adjacent to an activating group) is 1. The van der Waals surface area contributed by atoms with E-state index >= 15 is 0 Å². The van der Waals surface area contributed by atoms with Crippen LogP contribution in [0.5, 0.6) is 0 Å². The molecule has 0 spiro atoms. The van der Waals surface area contributed by atoms with Crippen LogP contribution in [0, 0.1) is 11.6 Å². The average Bonchev–Trinajstić information content (AvgIpc) is 2.57. The minimum absolute atomic E-state index is 0.197. The number of hydrogen-bond donors (Lipinski definition) is 2. The molecule has 0 atom stereocenters. The number of aromatic amines is 1. The van der Waals surface area contributed by atoms with E-state index in [2.05, 4.69) is 15.3 Å². The van der Waals surface area contributed by atoms with Crippen molar-refractivity contribution in [1.82, 2.24) is 15.3 Å². The second-order valence-electron chi connectivity index (χ2n) is 3.32. The van der Waals surface area contributed by atoms with E-state index < -0.39 is 11.6 Å². The molecule has 2 aromatic rings. The Labute approximate surface area is 85.5 Å². The van der Waals surface area contributed by atoms with Crippen molar-refractivity contribution in [3.05, 3.63) is 29.6 Å². The monoisotopic (exact) mass is 211 g/mol. The fourth-order valence-corrected chi connectivity index (χ4v) is 1.46. The van der Waals surface area contributed by atoms with Crippen LogP contribution in [0.2, 0.25) is 0 Å². The molecule has 5 heteroatoms. The molecule has 2 N–H and O–H groups in total. The SMILES string of the molecule is CNCCc1nc2c(F)cc(F)cc2[nH]1. The maximum Gasteiger partial charge on any atom is 0.153 e. The van der Waals surface area contributed by atoms with Crippen LogP contribution in [0.3, 0.4) is 0 Å². The van der Waals surface area contributed by atoms with Crippen molar-refractivity contribution in [3.8, 4) is 0 Å². The topological polar surface area (TPSA) is 40.7 Å². The molecule has 0 saturated heterocycles. The first-order valence-corrected chi connectivity index (χ1v) is 4.69. The Morgan fingerprint density at radius 1 is 1.40 bits per heavy atom. The van der Waals surface area contributed by atoms with Crippen LogP contribution in [-0.4, -0.2) is 23.6 Å². The van der Waals surface area contributed by atoms with Gasteiger partial charge in [-0.3, -0.25) is 0 Å². The van der Waals surface area contributed by atoms with Gasteiger partial charge >= 0.3 is 0 Å². The Kier molecular flexibility index (Phi) is 2.64. The Morgan fingerprint density at radius 3 is 2.93 bits per heavy atom. The summed E-state index contributed by atoms with van der Waals surface area (Å²) in [4.78, 5) is 6.93. The van der Waals surface area contributed by atoms with Crippen molar-refractivity contribution >= 4 is 11.0 Å². The van der Waals surface area contributed by atoms with E-state index in [-0.39, 0.29) is 5.52 Å². The van der Waals surface area contributed by atoms with Gasteiger partial charge < -0.3 is 10.3 Å². The summed E-state index contributed by atoms with van der Waals surface area (Å²) in [5.74, 6) is -0.565. The molecule has 0 unspecified atom stereocenters. The molecule has 3 nitrogen and oxygen atoms in total. The van der Waals surface area contributed by atoms with Gasteiger partial charge in [0, 0.05) is 19.0 Å². The lowest BCUT2D eigenvalue weighted by Gasteiger charge is -1.93. The second kappa shape index (κ2) is 3.94. The molecule has 0 aliphatic carbocycles. The Bertz CT molecular complexity index is 479. The predicted molar refractivity (Wildman–Crippen MR) is 53.6 cm³/mol. The van der Waals surface area contributed by atoms with Gasteiger partial charge in [-0.05, 0) is 13.1 Å². The number of benzene rings is 1. The minimum Gasteiger partial charge on any atom is -0.342 e. The van der Waals surface area contributed by atoms with Crippen LogP contribution >= 0.6 is 0 Å². The number of H-pyrrole nitrogens is 1. The highest BCUT2D eigenvalue weighted by molar-refractivity contribution is 5.75. The van der Waals surface area contributed by atoms with Crippen LogP contribution in [0.1, 0.15) is 5.82 Å². The van der Waals surface area contributed by atoms with Crippen LogP contribution in [0.4, 0.5) is 8.78 Å². The number of halogens is 2. The van der Waals surface area contributed by atoms with Gasteiger partial charge in [-0.15, -0.1) is 0 Å². The van der Waals surface area contributed by atoms with Gasteiger partial charge in [0.2, 0.25) is 0 Å². The summed E-state index contributed by atoms with van der Waals surface area (Å²) in [6.45, 7) is 0.740. The van der Waals surface area contributed by atoms with Crippen molar-refractivity contribution in [1.29, 1.82) is 0 Å². The van der Waals surface area contributed by atoms with Crippen molar-refractivity contribution in [2.75, 3.05) is 13.6 Å². The van der Waals surface area contributed by atoms with Gasteiger partial charge in [0.05, 0.1) is 5.52 Å². The molecule has 0 bridgehead atoms. The molecule has 0 amide bonds. The maximum absolute atomic E-state index is 13.2. The largest absolute Gasteiger partial charge is 0.342 e. The number of nitrogens with zero attached hydrogens (tertiary/aromatic N) is 1. The third-order valence-electron chi connectivity index (χ3n) is 2.17. The second-order valence-corrected chi connectivity index (χ2v) is 3.32. The summed E-state index contributed by atoms with van der Waals surface area (Å²) < 4.78 is 26.1. The first kappa shape index (κ1) is 10.0. The number of rotatable bonds is 3. The third-order valence-corrected chi connectivity index (χ3v) is 2.17. The number of aromatic nitrogens is 2. The van der Waals surface area contributed by atoms with Crippen LogP contribution in [0.25, 0.3) is 11.0 Å². The predicted octanol–water partition coefficient (Wildman–Crippen LogP) is 1.60. The fourth-order valence-electron chi connectivity index (χ4n) is 1.46. The molecule has 0 radical (unpaired) electrons. The summed E-state index contributed by atoms with van der Waals surface area (Å²) in [5, 5.41) is 2.96. The normalized spacial score (nSPS) is 11.1. The lowest BCUT2D eigenvalue weighted by atomic mass is 10.3. The van der Waals surface area contributed by atoms with Gasteiger partial charge in [0.25, 0.3) is 0 Å². The third kappa shape index (κ3) is 1.97. The van der Waals surface area contributed by atoms with Crippen molar-refractivity contribution in [2.24, 2.45) is 0 Å². The number of imidazole rings is 1. The van der Waals surface area contributed by atoms with E-state index in [0.717, 1.165) is 12.6 Å². The summed E-state index contributed by atoms with van der Waals surface area (Å²) in [6, 6.07) is 2.08. The average molecular weight is 211 g/mol. The quantitative estimate of drug-likeness (QED) is 0.809. The summed E-state index contributed by atoms with van der Waals surface area (Å²) in [7, 11) is 1.82. The van der Waals surface area contributed by atoms with Gasteiger partial charge in [0.15, 0.2) is 5.82 Å². The first-order chi connectivity index (χ1) is 7.20. The van der Waals surface area contributed by atoms with Gasteiger partial charge in [-0.25, -0.2) is 13.8 Å². The molecule has 0 aliphatic heterocycles. The van der Waals surface area contributed by atoms with E-state index in [1.165, 1.54) is 6.07 Å². The van der Waals surface area contributed by atoms with Crippen LogP contribution in [0.15, 0.2) is 12.1 Å². The van der Waals surface area contributed by atoms with Crippen LogP contribution < -0.4 is 5.32 Å². The Balaban J connectivity index is 2.41. The maximum atomic E-state index is 13.2. The molecule has 1 aromatic heterocycles.